The number of benzene rings is 1. The first-order valence-corrected chi connectivity index (χ1v) is 6.27. The van der Waals surface area contributed by atoms with Gasteiger partial charge in [0.05, 0.1) is 22.8 Å². The average molecular weight is 291 g/mol. The Labute approximate surface area is 117 Å². The normalized spacial score (nSPS) is 14.1. The van der Waals surface area contributed by atoms with Crippen molar-refractivity contribution in [1.29, 1.82) is 0 Å². The van der Waals surface area contributed by atoms with Crippen LogP contribution >= 0.6 is 0 Å². The van der Waals surface area contributed by atoms with Gasteiger partial charge in [0.25, 0.3) is 0 Å². The molecular formula is C12H9N3O4S-2. The van der Waals surface area contributed by atoms with Crippen molar-refractivity contribution in [3.05, 3.63) is 60.2 Å². The molecule has 1 aliphatic carbocycles. The molecule has 0 spiro atoms. The highest BCUT2D eigenvalue weighted by atomic mass is 32.2. The molecule has 0 aliphatic heterocycles. The maximum atomic E-state index is 8.83. The van der Waals surface area contributed by atoms with Crippen LogP contribution in [0, 0.1) is 0 Å². The monoisotopic (exact) mass is 291 g/mol. The molecule has 1 atom stereocenters. The predicted molar refractivity (Wildman–Crippen MR) is 70.4 cm³/mol. The van der Waals surface area contributed by atoms with Gasteiger partial charge in [-0.05, 0) is 24.3 Å². The van der Waals surface area contributed by atoms with Crippen LogP contribution in [0.3, 0.4) is 0 Å². The Morgan fingerprint density at radius 1 is 1.15 bits per heavy atom. The first-order chi connectivity index (χ1) is 9.65. The lowest BCUT2D eigenvalue weighted by Gasteiger charge is -2.05. The molecule has 0 aromatic heterocycles. The minimum absolute atomic E-state index is 0.530. The van der Waals surface area contributed by atoms with Gasteiger partial charge in [-0.3, -0.25) is 0 Å². The molecule has 2 rings (SSSR count). The zero-order valence-electron chi connectivity index (χ0n) is 10.1. The predicted octanol–water partition coefficient (Wildman–Crippen LogP) is 0.628. The molecule has 0 radical (unpaired) electrons. The van der Waals surface area contributed by atoms with Gasteiger partial charge in [-0.1, -0.05) is 18.2 Å². The Bertz CT molecular complexity index is 586. The number of rotatable bonds is 2. The number of hydrogen-bond donors (Lipinski definition) is 0. The van der Waals surface area contributed by atoms with Crippen molar-refractivity contribution in [2.24, 2.45) is 4.99 Å². The van der Waals surface area contributed by atoms with Crippen molar-refractivity contribution >= 4 is 28.5 Å². The second-order valence-electron chi connectivity index (χ2n) is 3.34. The largest absolute Gasteiger partial charge is 0.750 e. The second-order valence-corrected chi connectivity index (χ2v) is 3.88. The van der Waals surface area contributed by atoms with E-state index in [-0.39, 0.29) is 0 Å². The summed E-state index contributed by atoms with van der Waals surface area (Å²) < 4.78 is 20.1. The summed E-state index contributed by atoms with van der Waals surface area (Å²) in [7, 11) is 0. The highest BCUT2D eigenvalue weighted by Crippen LogP contribution is 2.11. The van der Waals surface area contributed by atoms with Gasteiger partial charge in [-0.25, -0.2) is 9.20 Å². The lowest BCUT2D eigenvalue weighted by atomic mass is 10.1. The van der Waals surface area contributed by atoms with Crippen molar-refractivity contribution in [1.82, 2.24) is 0 Å². The maximum absolute atomic E-state index is 8.83. The molecule has 0 saturated heterocycles. The molecule has 1 aromatic rings. The fourth-order valence-corrected chi connectivity index (χ4v) is 1.25. The minimum atomic E-state index is -2.88. The van der Waals surface area contributed by atoms with Crippen LogP contribution in [0.4, 0.5) is 5.69 Å². The van der Waals surface area contributed by atoms with Crippen molar-refractivity contribution in [3.63, 3.8) is 0 Å². The Morgan fingerprint density at radius 3 is 2.15 bits per heavy atom. The Morgan fingerprint density at radius 2 is 1.70 bits per heavy atom. The smallest absolute Gasteiger partial charge is 0.315 e. The van der Waals surface area contributed by atoms with Crippen molar-refractivity contribution < 1.29 is 23.1 Å². The van der Waals surface area contributed by atoms with E-state index in [1.807, 2.05) is 42.5 Å². The lowest BCUT2D eigenvalue weighted by molar-refractivity contribution is -0.635. The molecule has 0 heterocycles. The highest BCUT2D eigenvalue weighted by Gasteiger charge is 2.03. The summed E-state index contributed by atoms with van der Waals surface area (Å²) >= 11 is -2.88. The zero-order chi connectivity index (χ0) is 14.8. The van der Waals surface area contributed by atoms with Gasteiger partial charge in [0.15, 0.2) is 0 Å². The molecule has 20 heavy (non-hydrogen) atoms. The topological polar surface area (TPSA) is 121 Å². The van der Waals surface area contributed by atoms with Crippen LogP contribution in [-0.4, -0.2) is 25.0 Å². The summed E-state index contributed by atoms with van der Waals surface area (Å²) in [5.74, 6) is 0. The van der Waals surface area contributed by atoms with E-state index >= 15 is 0 Å². The zero-order valence-corrected chi connectivity index (χ0v) is 10.9. The molecule has 1 aromatic carbocycles. The summed E-state index contributed by atoms with van der Waals surface area (Å²) in [5.41, 5.74) is 10.8. The molecule has 0 bridgehead atoms. The van der Waals surface area contributed by atoms with E-state index in [2.05, 4.69) is 14.1 Å². The molecule has 8 heteroatoms. The van der Waals surface area contributed by atoms with Crippen LogP contribution in [-0.2, 0) is 15.7 Å². The summed E-state index contributed by atoms with van der Waals surface area (Å²) in [5, 5.41) is 8.52. The number of hydrogen-bond acceptors (Lipinski definition) is 5. The van der Waals surface area contributed by atoms with Crippen LogP contribution in [0.2, 0.25) is 0 Å². The summed E-state index contributed by atoms with van der Waals surface area (Å²) in [6, 6.07) is 9.70. The van der Waals surface area contributed by atoms with Crippen LogP contribution in [0.1, 0.15) is 0 Å². The standard InChI is InChI=1S/C12H9N3.H2O4S/c13-15-12-8-6-11(7-9-12)14-10-4-2-1-3-5-10;1-4-5(2)3/h1-9H;1H,(H,2,3)/p-2. The highest BCUT2D eigenvalue weighted by molar-refractivity contribution is 7.73. The summed E-state index contributed by atoms with van der Waals surface area (Å²) in [6.07, 6.45) is 7.04. The SMILES string of the molecule is O=S([O-])O[O-].[N-]=[N+]=C1C=CC(=Nc2ccccc2)C=C1. The summed E-state index contributed by atoms with van der Waals surface area (Å²) in [6.45, 7) is 0. The van der Waals surface area contributed by atoms with Crippen LogP contribution in [0.25, 0.3) is 5.53 Å². The van der Waals surface area contributed by atoms with Gasteiger partial charge in [-0.15, -0.1) is 0 Å². The molecule has 0 N–H and O–H groups in total. The quantitative estimate of drug-likeness (QED) is 0.198. The molecular weight excluding hydrogens is 282 g/mol. The first-order valence-electron chi connectivity index (χ1n) is 5.27. The molecule has 0 fully saturated rings. The Kier molecular flexibility index (Phi) is 6.97. The number of allylic oxidation sites excluding steroid dienone is 4. The third kappa shape index (κ3) is 6.10. The van der Waals surface area contributed by atoms with E-state index in [0.717, 1.165) is 11.4 Å². The van der Waals surface area contributed by atoms with Crippen LogP contribution < -0.4 is 5.26 Å². The molecule has 0 saturated carbocycles. The average Bonchev–Trinajstić information content (AvgIpc) is 2.49. The van der Waals surface area contributed by atoms with Crippen LogP contribution in [0.5, 0.6) is 0 Å². The molecule has 7 nitrogen and oxygen atoms in total. The van der Waals surface area contributed by atoms with E-state index in [9.17, 15) is 0 Å². The maximum Gasteiger partial charge on any atom is 0.315 e. The number of nitrogens with zero attached hydrogens (tertiary/aromatic N) is 3. The molecule has 104 valence electrons. The van der Waals surface area contributed by atoms with E-state index < -0.39 is 11.4 Å². The van der Waals surface area contributed by atoms with E-state index in [1.54, 1.807) is 12.2 Å². The van der Waals surface area contributed by atoms with E-state index in [4.69, 9.17) is 19.6 Å². The van der Waals surface area contributed by atoms with Gasteiger partial charge in [0.1, 0.15) is 0 Å². The second kappa shape index (κ2) is 8.81. The van der Waals surface area contributed by atoms with E-state index in [1.165, 1.54) is 0 Å². The number of aliphatic imine (C=N–C) groups is 1. The lowest BCUT2D eigenvalue weighted by Crippen LogP contribution is -2.06. The van der Waals surface area contributed by atoms with Crippen molar-refractivity contribution in [2.75, 3.05) is 0 Å². The van der Waals surface area contributed by atoms with Gasteiger partial charge >= 0.3 is 5.71 Å². The third-order valence-corrected chi connectivity index (χ3v) is 2.15. The first kappa shape index (κ1) is 15.8. The minimum Gasteiger partial charge on any atom is -0.750 e. The van der Waals surface area contributed by atoms with Gasteiger partial charge < -0.3 is 19.7 Å². The van der Waals surface area contributed by atoms with Crippen molar-refractivity contribution in [2.45, 2.75) is 0 Å². The molecule has 1 unspecified atom stereocenters. The van der Waals surface area contributed by atoms with Crippen molar-refractivity contribution in [3.8, 4) is 0 Å². The Hall–Kier alpha value is -2.22. The summed E-state index contributed by atoms with van der Waals surface area (Å²) in [4.78, 5) is 7.47. The van der Waals surface area contributed by atoms with Gasteiger partial charge in [-0.2, -0.15) is 4.79 Å². The molecule has 1 aliphatic rings. The van der Waals surface area contributed by atoms with Gasteiger partial charge in [0, 0.05) is 12.2 Å². The van der Waals surface area contributed by atoms with E-state index in [0.29, 0.717) is 5.71 Å². The third-order valence-electron chi connectivity index (χ3n) is 2.04. The number of para-hydroxylation sites is 1. The fraction of sp³-hybridized carbons (Fsp3) is 0. The van der Waals surface area contributed by atoms with Crippen LogP contribution in [0.15, 0.2) is 59.6 Å². The molecule has 0 amide bonds. The van der Waals surface area contributed by atoms with Gasteiger partial charge in [0.2, 0.25) is 0 Å². The fourth-order valence-electron chi connectivity index (χ4n) is 1.25. The Balaban J connectivity index is 0.000000347.